The summed E-state index contributed by atoms with van der Waals surface area (Å²) < 4.78 is 10.6. The molecule has 1 aliphatic rings. The molecule has 0 fully saturated rings. The summed E-state index contributed by atoms with van der Waals surface area (Å²) in [6, 6.07) is 2.31. The van der Waals surface area contributed by atoms with Crippen LogP contribution in [-0.4, -0.2) is 24.2 Å². The highest BCUT2D eigenvalue weighted by Gasteiger charge is 2.29. The van der Waals surface area contributed by atoms with Crippen molar-refractivity contribution in [2.24, 2.45) is 5.92 Å². The smallest absolute Gasteiger partial charge is 0.344 e. The Bertz CT molecular complexity index is 677. The van der Waals surface area contributed by atoms with E-state index < -0.39 is 5.97 Å². The number of nitriles is 1. The molecule has 26 heavy (non-hydrogen) atoms. The summed E-state index contributed by atoms with van der Waals surface area (Å²) in [4.78, 5) is 16.3. The maximum Gasteiger partial charge on any atom is 0.344 e. The maximum absolute atomic E-state index is 11.7. The van der Waals surface area contributed by atoms with E-state index in [0.29, 0.717) is 29.9 Å². The number of carbonyl (C=O) groups excluding carboxylic acids is 1. The first-order valence-electron chi connectivity index (χ1n) is 9.75. The van der Waals surface area contributed by atoms with Crippen molar-refractivity contribution in [1.82, 2.24) is 4.98 Å². The normalized spacial score (nSPS) is 16.1. The lowest BCUT2D eigenvalue weighted by atomic mass is 9.76. The van der Waals surface area contributed by atoms with Crippen molar-refractivity contribution < 1.29 is 14.3 Å². The van der Waals surface area contributed by atoms with Crippen LogP contribution < -0.4 is 4.74 Å². The third-order valence-electron chi connectivity index (χ3n) is 4.77. The second-order valence-electron chi connectivity index (χ2n) is 7.31. The van der Waals surface area contributed by atoms with Crippen LogP contribution in [0.2, 0.25) is 0 Å². The molecule has 1 aromatic rings. The standard InChI is InChI=1S/C21H30N2O3/c1-5-8-18-16-10-7-9-15(11-14(3)4)20(16)17(12-22)21(23-18)26-13-19(24)25-6-2/h14-15H,5-11,13H2,1-4H3. The molecule has 1 unspecified atom stereocenters. The van der Waals surface area contributed by atoms with Crippen molar-refractivity contribution in [3.63, 3.8) is 0 Å². The number of pyridine rings is 1. The van der Waals surface area contributed by atoms with Gasteiger partial charge in [-0.2, -0.15) is 5.26 Å². The van der Waals surface area contributed by atoms with Gasteiger partial charge in [0, 0.05) is 5.69 Å². The van der Waals surface area contributed by atoms with Gasteiger partial charge >= 0.3 is 5.97 Å². The summed E-state index contributed by atoms with van der Waals surface area (Å²) in [5, 5.41) is 9.83. The Morgan fingerprint density at radius 2 is 2.15 bits per heavy atom. The molecule has 0 radical (unpaired) electrons. The fourth-order valence-electron chi connectivity index (χ4n) is 3.86. The van der Waals surface area contributed by atoms with E-state index >= 15 is 0 Å². The van der Waals surface area contributed by atoms with E-state index in [1.165, 1.54) is 5.56 Å². The predicted molar refractivity (Wildman–Crippen MR) is 100 cm³/mol. The van der Waals surface area contributed by atoms with Crippen molar-refractivity contribution >= 4 is 5.97 Å². The zero-order valence-corrected chi connectivity index (χ0v) is 16.4. The number of fused-ring (bicyclic) bond motifs is 1. The van der Waals surface area contributed by atoms with E-state index in [-0.39, 0.29) is 6.61 Å². The molecule has 1 atom stereocenters. The third-order valence-corrected chi connectivity index (χ3v) is 4.77. The number of ether oxygens (including phenoxy) is 2. The van der Waals surface area contributed by atoms with Crippen molar-refractivity contribution in [2.45, 2.75) is 72.1 Å². The minimum absolute atomic E-state index is 0.214. The molecule has 0 aromatic carbocycles. The second-order valence-corrected chi connectivity index (χ2v) is 7.31. The molecular weight excluding hydrogens is 328 g/mol. The van der Waals surface area contributed by atoms with E-state index in [9.17, 15) is 10.1 Å². The monoisotopic (exact) mass is 358 g/mol. The van der Waals surface area contributed by atoms with E-state index in [4.69, 9.17) is 9.47 Å². The average Bonchev–Trinajstić information content (AvgIpc) is 2.60. The van der Waals surface area contributed by atoms with Gasteiger partial charge in [0.05, 0.1) is 6.61 Å². The molecule has 0 saturated carbocycles. The molecule has 1 aromatic heterocycles. The van der Waals surface area contributed by atoms with Gasteiger partial charge in [-0.3, -0.25) is 0 Å². The third kappa shape index (κ3) is 4.75. The summed E-state index contributed by atoms with van der Waals surface area (Å²) >= 11 is 0. The first-order chi connectivity index (χ1) is 12.5. The first-order valence-corrected chi connectivity index (χ1v) is 9.75. The summed E-state index contributed by atoms with van der Waals surface area (Å²) in [6.45, 7) is 8.40. The highest BCUT2D eigenvalue weighted by atomic mass is 16.6. The molecule has 0 N–H and O–H groups in total. The number of rotatable bonds is 8. The van der Waals surface area contributed by atoms with Gasteiger partial charge in [-0.25, -0.2) is 9.78 Å². The molecule has 0 spiro atoms. The quantitative estimate of drug-likeness (QED) is 0.647. The number of esters is 1. The Hall–Kier alpha value is -2.09. The molecule has 0 saturated heterocycles. The molecule has 5 nitrogen and oxygen atoms in total. The zero-order valence-electron chi connectivity index (χ0n) is 16.4. The van der Waals surface area contributed by atoms with Crippen LogP contribution in [0, 0.1) is 17.2 Å². The van der Waals surface area contributed by atoms with Crippen LogP contribution in [0.3, 0.4) is 0 Å². The van der Waals surface area contributed by atoms with Crippen LogP contribution >= 0.6 is 0 Å². The lowest BCUT2D eigenvalue weighted by molar-refractivity contribution is -0.145. The number of aryl methyl sites for hydroxylation is 1. The summed E-state index contributed by atoms with van der Waals surface area (Å²) in [7, 11) is 0. The van der Waals surface area contributed by atoms with Crippen molar-refractivity contribution in [2.75, 3.05) is 13.2 Å². The summed E-state index contributed by atoms with van der Waals surface area (Å²) in [6.07, 6.45) is 6.09. The second kappa shape index (κ2) is 9.56. The Morgan fingerprint density at radius 1 is 1.38 bits per heavy atom. The van der Waals surface area contributed by atoms with Crippen LogP contribution in [0.15, 0.2) is 0 Å². The van der Waals surface area contributed by atoms with E-state index in [1.54, 1.807) is 6.92 Å². The van der Waals surface area contributed by atoms with Gasteiger partial charge in [-0.1, -0.05) is 27.2 Å². The van der Waals surface area contributed by atoms with Crippen LogP contribution in [-0.2, 0) is 22.4 Å². The van der Waals surface area contributed by atoms with Crippen LogP contribution in [0.25, 0.3) is 0 Å². The Morgan fingerprint density at radius 3 is 2.77 bits per heavy atom. The SMILES string of the molecule is CCCc1nc(OCC(=O)OCC)c(C#N)c2c1CCCC2CC(C)C. The lowest BCUT2D eigenvalue weighted by Crippen LogP contribution is -2.20. The minimum Gasteiger partial charge on any atom is -0.465 e. The molecule has 2 rings (SSSR count). The van der Waals surface area contributed by atoms with Gasteiger partial charge in [-0.05, 0) is 62.0 Å². The predicted octanol–water partition coefficient (Wildman–Crippen LogP) is 4.31. The summed E-state index contributed by atoms with van der Waals surface area (Å²) in [5.74, 6) is 0.770. The Labute approximate surface area is 156 Å². The lowest BCUT2D eigenvalue weighted by Gasteiger charge is -2.30. The first kappa shape index (κ1) is 20.2. The number of carbonyl (C=O) groups is 1. The molecular formula is C21H30N2O3. The van der Waals surface area contributed by atoms with Crippen LogP contribution in [0.1, 0.15) is 81.7 Å². The highest BCUT2D eigenvalue weighted by molar-refractivity contribution is 5.71. The van der Waals surface area contributed by atoms with E-state index in [0.717, 1.165) is 49.8 Å². The molecule has 0 aliphatic heterocycles. The van der Waals surface area contributed by atoms with E-state index in [2.05, 4.69) is 31.8 Å². The summed E-state index contributed by atoms with van der Waals surface area (Å²) in [5.41, 5.74) is 3.89. The number of hydrogen-bond acceptors (Lipinski definition) is 5. The maximum atomic E-state index is 11.7. The van der Waals surface area contributed by atoms with Crippen molar-refractivity contribution in [1.29, 1.82) is 5.26 Å². The fraction of sp³-hybridized carbons (Fsp3) is 0.667. The minimum atomic E-state index is -0.438. The highest BCUT2D eigenvalue weighted by Crippen LogP contribution is 2.41. The van der Waals surface area contributed by atoms with Crippen molar-refractivity contribution in [3.8, 4) is 11.9 Å². The Kier molecular flexibility index (Phi) is 7.44. The number of hydrogen-bond donors (Lipinski definition) is 0. The van der Waals surface area contributed by atoms with Crippen LogP contribution in [0.5, 0.6) is 5.88 Å². The molecule has 0 amide bonds. The fourth-order valence-corrected chi connectivity index (χ4v) is 3.86. The van der Waals surface area contributed by atoms with Gasteiger partial charge < -0.3 is 9.47 Å². The number of aromatic nitrogens is 1. The van der Waals surface area contributed by atoms with Crippen molar-refractivity contribution in [3.05, 3.63) is 22.4 Å². The topological polar surface area (TPSA) is 72.2 Å². The Balaban J connectivity index is 2.46. The molecule has 142 valence electrons. The average molecular weight is 358 g/mol. The molecule has 1 heterocycles. The van der Waals surface area contributed by atoms with Crippen LogP contribution in [0.4, 0.5) is 0 Å². The molecule has 5 heteroatoms. The largest absolute Gasteiger partial charge is 0.465 e. The van der Waals surface area contributed by atoms with E-state index in [1.807, 2.05) is 0 Å². The van der Waals surface area contributed by atoms with Gasteiger partial charge in [0.25, 0.3) is 0 Å². The van der Waals surface area contributed by atoms with Gasteiger partial charge in [0.1, 0.15) is 11.6 Å². The van der Waals surface area contributed by atoms with Gasteiger partial charge in [-0.15, -0.1) is 0 Å². The molecule has 0 bridgehead atoms. The van der Waals surface area contributed by atoms with Gasteiger partial charge in [0.15, 0.2) is 6.61 Å². The number of nitrogens with zero attached hydrogens (tertiary/aromatic N) is 2. The molecule has 1 aliphatic carbocycles. The zero-order chi connectivity index (χ0) is 19.1. The van der Waals surface area contributed by atoms with Gasteiger partial charge in [0.2, 0.25) is 5.88 Å².